The van der Waals surface area contributed by atoms with Gasteiger partial charge in [-0.1, -0.05) is 37.3 Å². The molecule has 0 aliphatic heterocycles. The summed E-state index contributed by atoms with van der Waals surface area (Å²) in [5.41, 5.74) is 0.867. The van der Waals surface area contributed by atoms with Crippen molar-refractivity contribution in [2.24, 2.45) is 0 Å². The molecule has 2 amide bonds. The zero-order valence-corrected chi connectivity index (χ0v) is 22.0. The summed E-state index contributed by atoms with van der Waals surface area (Å²) in [5.74, 6) is 0.278. The highest BCUT2D eigenvalue weighted by molar-refractivity contribution is 7.89. The Balaban J connectivity index is 2.09. The van der Waals surface area contributed by atoms with Gasteiger partial charge in [-0.2, -0.15) is 0 Å². The van der Waals surface area contributed by atoms with E-state index in [0.717, 1.165) is 12.0 Å². The molecule has 0 spiro atoms. The van der Waals surface area contributed by atoms with Gasteiger partial charge in [-0.25, -0.2) is 12.7 Å². The summed E-state index contributed by atoms with van der Waals surface area (Å²) in [4.78, 5) is 27.8. The lowest BCUT2D eigenvalue weighted by Gasteiger charge is -2.30. The van der Waals surface area contributed by atoms with Crippen molar-refractivity contribution in [3.63, 3.8) is 0 Å². The predicted molar refractivity (Wildman–Crippen MR) is 136 cm³/mol. The van der Waals surface area contributed by atoms with Crippen molar-refractivity contribution in [1.29, 1.82) is 0 Å². The van der Waals surface area contributed by atoms with Crippen LogP contribution in [-0.2, 0) is 26.2 Å². The molecule has 0 fully saturated rings. The molecule has 2 aromatic rings. The number of rotatable bonds is 13. The number of nitrogens with zero attached hydrogens (tertiary/aromatic N) is 2. The topological polar surface area (TPSA) is 96.0 Å². The minimum Gasteiger partial charge on any atom is -0.497 e. The van der Waals surface area contributed by atoms with Gasteiger partial charge in [-0.3, -0.25) is 9.59 Å². The molecule has 2 atom stereocenters. The number of methoxy groups -OCH3 is 1. The van der Waals surface area contributed by atoms with Gasteiger partial charge in [-0.05, 0) is 56.5 Å². The van der Waals surface area contributed by atoms with Crippen molar-refractivity contribution < 1.29 is 22.7 Å². The first-order valence-electron chi connectivity index (χ1n) is 11.8. The second-order valence-electron chi connectivity index (χ2n) is 8.61. The Kier molecular flexibility index (Phi) is 10.7. The smallest absolute Gasteiger partial charge is 0.242 e. The number of sulfonamides is 1. The van der Waals surface area contributed by atoms with E-state index in [-0.39, 0.29) is 42.3 Å². The summed E-state index contributed by atoms with van der Waals surface area (Å²) in [5, 5.41) is 2.94. The molecule has 1 N–H and O–H groups in total. The van der Waals surface area contributed by atoms with Gasteiger partial charge in [0.25, 0.3) is 0 Å². The quantitative estimate of drug-likeness (QED) is 0.452. The van der Waals surface area contributed by atoms with Crippen molar-refractivity contribution >= 4 is 21.8 Å². The molecule has 2 aromatic carbocycles. The zero-order valence-electron chi connectivity index (χ0n) is 21.2. The lowest BCUT2D eigenvalue weighted by Crippen LogP contribution is -2.49. The number of ether oxygens (including phenoxy) is 1. The zero-order chi connectivity index (χ0) is 26.0. The average molecular weight is 504 g/mol. The lowest BCUT2D eigenvalue weighted by atomic mass is 10.1. The van der Waals surface area contributed by atoms with Crippen LogP contribution in [0.3, 0.4) is 0 Å². The summed E-state index contributed by atoms with van der Waals surface area (Å²) < 4.78 is 31.9. The number of hydrogen-bond acceptors (Lipinski definition) is 5. The fourth-order valence-electron chi connectivity index (χ4n) is 3.46. The Morgan fingerprint density at radius 3 is 2.23 bits per heavy atom. The van der Waals surface area contributed by atoms with Crippen LogP contribution in [0.5, 0.6) is 5.75 Å². The Morgan fingerprint density at radius 2 is 1.66 bits per heavy atom. The van der Waals surface area contributed by atoms with Gasteiger partial charge in [0.05, 0.1) is 12.0 Å². The van der Waals surface area contributed by atoms with Crippen molar-refractivity contribution in [2.75, 3.05) is 20.7 Å². The van der Waals surface area contributed by atoms with Gasteiger partial charge in [0.2, 0.25) is 21.8 Å². The van der Waals surface area contributed by atoms with Gasteiger partial charge in [0, 0.05) is 32.6 Å². The fraction of sp³-hybridized carbons (Fsp3) is 0.462. The van der Waals surface area contributed by atoms with E-state index < -0.39 is 16.1 Å². The molecule has 9 heteroatoms. The summed E-state index contributed by atoms with van der Waals surface area (Å²) in [7, 11) is -0.538. The molecule has 8 nitrogen and oxygen atoms in total. The molecule has 0 aromatic heterocycles. The van der Waals surface area contributed by atoms with E-state index in [1.54, 1.807) is 49.3 Å². The van der Waals surface area contributed by atoms with Gasteiger partial charge >= 0.3 is 0 Å². The number of amides is 2. The first kappa shape index (κ1) is 28.3. The maximum atomic E-state index is 13.2. The van der Waals surface area contributed by atoms with Crippen LogP contribution in [0.25, 0.3) is 0 Å². The van der Waals surface area contributed by atoms with Crippen molar-refractivity contribution in [3.05, 3.63) is 60.2 Å². The highest BCUT2D eigenvalue weighted by Crippen LogP contribution is 2.17. The highest BCUT2D eigenvalue weighted by atomic mass is 32.2. The third-order valence-electron chi connectivity index (χ3n) is 6.00. The van der Waals surface area contributed by atoms with Crippen LogP contribution in [0.1, 0.15) is 45.6 Å². The third-order valence-corrected chi connectivity index (χ3v) is 7.87. The summed E-state index contributed by atoms with van der Waals surface area (Å²) in [6, 6.07) is 14.9. The van der Waals surface area contributed by atoms with Crippen molar-refractivity contribution in [1.82, 2.24) is 14.5 Å². The van der Waals surface area contributed by atoms with Gasteiger partial charge in [0.15, 0.2) is 0 Å². The van der Waals surface area contributed by atoms with Gasteiger partial charge in [0.1, 0.15) is 11.8 Å². The van der Waals surface area contributed by atoms with E-state index in [2.05, 4.69) is 5.32 Å². The summed E-state index contributed by atoms with van der Waals surface area (Å²) in [6.07, 6.45) is 1.24. The molecule has 0 saturated carbocycles. The predicted octanol–water partition coefficient (Wildman–Crippen LogP) is 3.43. The van der Waals surface area contributed by atoms with Crippen LogP contribution in [0.2, 0.25) is 0 Å². The molecule has 192 valence electrons. The fourth-order valence-corrected chi connectivity index (χ4v) is 4.70. The second-order valence-corrected chi connectivity index (χ2v) is 10.7. The van der Waals surface area contributed by atoms with Crippen molar-refractivity contribution in [2.45, 2.75) is 63.6 Å². The summed E-state index contributed by atoms with van der Waals surface area (Å²) >= 11 is 0. The van der Waals surface area contributed by atoms with E-state index in [1.165, 1.54) is 11.4 Å². The van der Waals surface area contributed by atoms with Crippen LogP contribution in [-0.4, -0.2) is 62.2 Å². The maximum Gasteiger partial charge on any atom is 0.242 e. The molecule has 0 bridgehead atoms. The van der Waals surface area contributed by atoms with Crippen LogP contribution in [0, 0.1) is 0 Å². The first-order chi connectivity index (χ1) is 16.6. The molecular formula is C26H37N3O5S. The molecular weight excluding hydrogens is 466 g/mol. The average Bonchev–Trinajstić information content (AvgIpc) is 2.87. The lowest BCUT2D eigenvalue weighted by molar-refractivity contribution is -0.141. The largest absolute Gasteiger partial charge is 0.497 e. The number of carbonyl (C=O) groups is 2. The van der Waals surface area contributed by atoms with E-state index in [1.807, 2.05) is 38.1 Å². The highest BCUT2D eigenvalue weighted by Gasteiger charge is 2.27. The van der Waals surface area contributed by atoms with E-state index in [0.29, 0.717) is 12.2 Å². The number of benzene rings is 2. The molecule has 35 heavy (non-hydrogen) atoms. The molecule has 0 radical (unpaired) electrons. The van der Waals surface area contributed by atoms with Crippen LogP contribution in [0.15, 0.2) is 59.5 Å². The minimum absolute atomic E-state index is 0.000249. The van der Waals surface area contributed by atoms with E-state index in [4.69, 9.17) is 4.74 Å². The molecule has 0 unspecified atom stereocenters. The number of nitrogens with one attached hydrogen (secondary N) is 1. The third kappa shape index (κ3) is 8.07. The molecule has 0 aliphatic rings. The monoisotopic (exact) mass is 503 g/mol. The second kappa shape index (κ2) is 13.3. The molecule has 0 saturated heterocycles. The molecule has 0 heterocycles. The van der Waals surface area contributed by atoms with Crippen LogP contribution >= 0.6 is 0 Å². The Bertz CT molecular complexity index is 1060. The molecule has 0 aliphatic carbocycles. The minimum atomic E-state index is -3.63. The Morgan fingerprint density at radius 1 is 1.03 bits per heavy atom. The van der Waals surface area contributed by atoms with Gasteiger partial charge < -0.3 is 15.0 Å². The van der Waals surface area contributed by atoms with Crippen LogP contribution in [0.4, 0.5) is 0 Å². The van der Waals surface area contributed by atoms with Crippen molar-refractivity contribution in [3.8, 4) is 5.75 Å². The van der Waals surface area contributed by atoms with Gasteiger partial charge in [-0.15, -0.1) is 0 Å². The van der Waals surface area contributed by atoms with E-state index >= 15 is 0 Å². The standard InChI is InChI=1S/C26H37N3O5S/c1-6-20(2)27-26(31)21(3)29(19-22-14-16-23(34-5)17-15-22)25(30)13-10-18-28(4)35(32,33)24-11-8-7-9-12-24/h7-9,11-12,14-17,20-21H,6,10,13,18-19H2,1-5H3,(H,27,31)/t20-,21-/m1/s1. The first-order valence-corrected chi connectivity index (χ1v) is 13.3. The molecule has 2 rings (SSSR count). The van der Waals surface area contributed by atoms with E-state index in [9.17, 15) is 18.0 Å². The Labute approximate surface area is 209 Å². The maximum absolute atomic E-state index is 13.2. The summed E-state index contributed by atoms with van der Waals surface area (Å²) in [6.45, 7) is 6.06. The van der Waals surface area contributed by atoms with Crippen LogP contribution < -0.4 is 10.1 Å². The Hall–Kier alpha value is -2.91. The number of carbonyl (C=O) groups excluding carboxylic acids is 2. The normalized spacial score (nSPS) is 13.2. The number of hydrogen-bond donors (Lipinski definition) is 1. The SMILES string of the molecule is CC[C@@H](C)NC(=O)[C@@H](C)N(Cc1ccc(OC)cc1)C(=O)CCCN(C)S(=O)(=O)c1ccccc1.